The summed E-state index contributed by atoms with van der Waals surface area (Å²) in [5.74, 6) is -0.290. The van der Waals surface area contributed by atoms with Gasteiger partial charge in [0, 0.05) is 25.9 Å². The van der Waals surface area contributed by atoms with Crippen molar-refractivity contribution in [3.63, 3.8) is 0 Å². The molecule has 36 heavy (non-hydrogen) atoms. The number of ether oxygens (including phenoxy) is 4. The third-order valence-corrected chi connectivity index (χ3v) is 6.78. The highest BCUT2D eigenvalue weighted by Crippen LogP contribution is 2.22. The SMILES string of the molecule is C[C@@H]1O[C@@H](OCCN(CCO[C@@H]2OC[C@@H](O)[C@@H](O)[C@@H]2O)C(=O)CCCCC(=O)[NH][AlH2])[C@@H](O)[C@H](O)[C@@H]1O. The van der Waals surface area contributed by atoms with Crippen molar-refractivity contribution in [3.05, 3.63) is 0 Å². The number of rotatable bonds is 13. The van der Waals surface area contributed by atoms with Crippen molar-refractivity contribution in [2.24, 2.45) is 0 Å². The largest absolute Gasteiger partial charge is 0.453 e. The first kappa shape index (κ1) is 31.3. The van der Waals surface area contributed by atoms with Gasteiger partial charge in [0.05, 0.1) is 25.9 Å². The van der Waals surface area contributed by atoms with Crippen LogP contribution in [0.3, 0.4) is 0 Å². The minimum atomic E-state index is -1.47. The number of hydrogen-bond acceptors (Lipinski definition) is 12. The smallest absolute Gasteiger partial charge is 0.364 e. The van der Waals surface area contributed by atoms with Crippen LogP contribution < -0.4 is 4.30 Å². The number of nitrogens with zero attached hydrogens (tertiary/aromatic N) is 1. The molecular formula is C21H39AlN2O12. The number of hydrogen-bond donors (Lipinski definition) is 7. The van der Waals surface area contributed by atoms with E-state index in [-0.39, 0.29) is 51.1 Å². The summed E-state index contributed by atoms with van der Waals surface area (Å²) in [5, 5.41) is 59.1. The molecule has 0 bridgehead atoms. The lowest BCUT2D eigenvalue weighted by molar-refractivity contribution is -0.293. The van der Waals surface area contributed by atoms with E-state index in [1.54, 1.807) is 0 Å². The summed E-state index contributed by atoms with van der Waals surface area (Å²) in [4.78, 5) is 25.6. The summed E-state index contributed by atoms with van der Waals surface area (Å²) in [7, 11) is 0. The van der Waals surface area contributed by atoms with Crippen molar-refractivity contribution in [2.75, 3.05) is 32.9 Å². The van der Waals surface area contributed by atoms with Gasteiger partial charge in [-0.25, -0.2) is 0 Å². The Labute approximate surface area is 217 Å². The minimum Gasteiger partial charge on any atom is -0.453 e. The molecule has 2 heterocycles. The number of nitrogens with one attached hydrogen (secondary N) is 1. The second-order valence-electron chi connectivity index (χ2n) is 8.93. The normalized spacial score (nSPS) is 34.8. The van der Waals surface area contributed by atoms with Gasteiger partial charge in [-0.1, -0.05) is 0 Å². The fourth-order valence-corrected chi connectivity index (χ4v) is 4.09. The standard InChI is InChI=1S/C21H38N2O12.Al.2H/c1-11-15(27)17(29)19(31)21(35-11)33-9-7-23(14(26)5-3-2-4-13(22)25)6-8-32-20-18(30)16(28)12(24)10-34-20;;;/h11-12,15-21,24,27-31H,2-10H2,1H3,(H2,22,25);;;/q;+1;;/p-1/t11-,12+,15+,16+,17+,18-,19-,20+,21+;;;/m0.../s1. The van der Waals surface area contributed by atoms with Crippen LogP contribution in [-0.2, 0) is 28.5 Å². The van der Waals surface area contributed by atoms with E-state index in [1.807, 2.05) is 0 Å². The van der Waals surface area contributed by atoms with Gasteiger partial charge in [-0.05, 0) is 19.8 Å². The van der Waals surface area contributed by atoms with E-state index in [0.717, 1.165) is 0 Å². The van der Waals surface area contributed by atoms with Crippen molar-refractivity contribution in [2.45, 2.75) is 87.9 Å². The van der Waals surface area contributed by atoms with Crippen LogP contribution in [-0.4, -0.2) is 152 Å². The van der Waals surface area contributed by atoms with E-state index in [2.05, 4.69) is 4.30 Å². The number of carbonyl (C=O) groups is 2. The Kier molecular flexibility index (Phi) is 13.5. The maximum atomic E-state index is 12.8. The third kappa shape index (κ3) is 9.12. The van der Waals surface area contributed by atoms with Crippen LogP contribution in [0.4, 0.5) is 0 Å². The molecule has 7 N–H and O–H groups in total. The number of amides is 2. The number of aliphatic hydroxyl groups excluding tert-OH is 6. The Morgan fingerprint density at radius 2 is 1.47 bits per heavy atom. The molecule has 15 heteroatoms. The van der Waals surface area contributed by atoms with Gasteiger partial charge in [-0.2, -0.15) is 0 Å². The van der Waals surface area contributed by atoms with Crippen LogP contribution in [0, 0.1) is 0 Å². The fourth-order valence-electron chi connectivity index (χ4n) is 3.84. The molecule has 0 aliphatic carbocycles. The Bertz CT molecular complexity index is 691. The van der Waals surface area contributed by atoms with Crippen molar-refractivity contribution >= 4 is 28.3 Å². The molecule has 2 amide bonds. The maximum absolute atomic E-state index is 12.8. The summed E-state index contributed by atoms with van der Waals surface area (Å²) in [6.07, 6.45) is -9.87. The molecule has 2 saturated heterocycles. The lowest BCUT2D eigenvalue weighted by Crippen LogP contribution is -2.57. The third-order valence-electron chi connectivity index (χ3n) is 6.23. The molecule has 0 radical (unpaired) electrons. The van der Waals surface area contributed by atoms with Crippen LogP contribution >= 0.6 is 0 Å². The van der Waals surface area contributed by atoms with Gasteiger partial charge in [0.2, 0.25) is 5.91 Å². The molecule has 2 rings (SSSR count). The molecule has 2 fully saturated rings. The van der Waals surface area contributed by atoms with E-state index in [4.69, 9.17) is 18.9 Å². The molecule has 208 valence electrons. The van der Waals surface area contributed by atoms with E-state index in [1.165, 1.54) is 11.8 Å². The second kappa shape index (κ2) is 15.5. The summed E-state index contributed by atoms with van der Waals surface area (Å²) < 4.78 is 24.2. The first-order valence-electron chi connectivity index (χ1n) is 12.1. The van der Waals surface area contributed by atoms with Gasteiger partial charge in [0.25, 0.3) is 0 Å². The Hall–Kier alpha value is -0.928. The molecule has 0 aromatic rings. The van der Waals surface area contributed by atoms with Crippen molar-refractivity contribution in [1.29, 1.82) is 0 Å². The number of unbranched alkanes of at least 4 members (excludes halogenated alkanes) is 1. The average molecular weight is 539 g/mol. The molecule has 0 saturated carbocycles. The predicted octanol–water partition coefficient (Wildman–Crippen LogP) is -4.66. The maximum Gasteiger partial charge on any atom is 0.364 e. The Balaban J connectivity index is 1.87. The summed E-state index contributed by atoms with van der Waals surface area (Å²) in [6.45, 7) is 1.37. The van der Waals surface area contributed by atoms with Crippen molar-refractivity contribution in [1.82, 2.24) is 9.20 Å². The van der Waals surface area contributed by atoms with Crippen molar-refractivity contribution < 1.29 is 59.2 Å². The minimum absolute atomic E-state index is 0.0519. The lowest BCUT2D eigenvalue weighted by atomic mass is 10.0. The van der Waals surface area contributed by atoms with E-state index in [0.29, 0.717) is 35.8 Å². The van der Waals surface area contributed by atoms with Gasteiger partial charge in [0.1, 0.15) is 36.6 Å². The first-order chi connectivity index (χ1) is 17.1. The van der Waals surface area contributed by atoms with Crippen LogP contribution in [0.25, 0.3) is 0 Å². The summed E-state index contributed by atoms with van der Waals surface area (Å²) in [5.41, 5.74) is 0. The van der Waals surface area contributed by atoms with Gasteiger partial charge in [-0.3, -0.25) is 9.59 Å². The fraction of sp³-hybridized carbons (Fsp3) is 0.905. The molecule has 0 aromatic carbocycles. The highest BCUT2D eigenvalue weighted by atomic mass is 27.1. The van der Waals surface area contributed by atoms with E-state index >= 15 is 0 Å². The van der Waals surface area contributed by atoms with Gasteiger partial charge < -0.3 is 58.8 Å². The second-order valence-corrected chi connectivity index (χ2v) is 9.43. The van der Waals surface area contributed by atoms with Gasteiger partial charge in [-0.15, -0.1) is 0 Å². The van der Waals surface area contributed by atoms with E-state index < -0.39 is 55.3 Å². The van der Waals surface area contributed by atoms with Crippen LogP contribution in [0.1, 0.15) is 32.6 Å². The lowest BCUT2D eigenvalue weighted by Gasteiger charge is -2.39. The number of aliphatic hydroxyl groups is 6. The molecular weight excluding hydrogens is 499 g/mol. The zero-order chi connectivity index (χ0) is 26.8. The monoisotopic (exact) mass is 538 g/mol. The zero-order valence-corrected chi connectivity index (χ0v) is 22.6. The van der Waals surface area contributed by atoms with Crippen molar-refractivity contribution in [3.8, 4) is 0 Å². The molecule has 0 aromatic heterocycles. The van der Waals surface area contributed by atoms with Crippen LogP contribution in [0.15, 0.2) is 0 Å². The average Bonchev–Trinajstić information content (AvgIpc) is 2.86. The number of carbonyl (C=O) groups excluding carboxylic acids is 2. The van der Waals surface area contributed by atoms with Crippen LogP contribution in [0.5, 0.6) is 0 Å². The molecule has 2 aliphatic heterocycles. The quantitative estimate of drug-likeness (QED) is 0.0873. The molecule has 9 atom stereocenters. The zero-order valence-electron chi connectivity index (χ0n) is 20.6. The highest BCUT2D eigenvalue weighted by Gasteiger charge is 2.42. The first-order valence-corrected chi connectivity index (χ1v) is 13.1. The molecule has 2 aliphatic rings. The Morgan fingerprint density at radius 1 is 0.889 bits per heavy atom. The molecule has 14 nitrogen and oxygen atoms in total. The topological polar surface area (TPSA) is 208 Å². The summed E-state index contributed by atoms with van der Waals surface area (Å²) >= 11 is 0.565. The summed E-state index contributed by atoms with van der Waals surface area (Å²) in [6, 6.07) is 0. The van der Waals surface area contributed by atoms with Gasteiger partial charge >= 0.3 is 16.5 Å². The van der Waals surface area contributed by atoms with Gasteiger partial charge in [0.15, 0.2) is 18.5 Å². The molecule has 0 unspecified atom stereocenters. The van der Waals surface area contributed by atoms with E-state index in [9.17, 15) is 40.2 Å². The Morgan fingerprint density at radius 3 is 2.11 bits per heavy atom. The predicted molar refractivity (Wildman–Crippen MR) is 124 cm³/mol. The highest BCUT2D eigenvalue weighted by molar-refractivity contribution is 6.14. The van der Waals surface area contributed by atoms with Crippen LogP contribution in [0.2, 0.25) is 0 Å². The molecule has 0 spiro atoms.